The molecule has 0 saturated carbocycles. The smallest absolute Gasteiger partial charge is 0.146 e. The molecule has 0 heterocycles. The van der Waals surface area contributed by atoms with E-state index in [0.717, 1.165) is 4.47 Å². The molecule has 6 heteroatoms. The third-order valence-electron chi connectivity index (χ3n) is 2.45. The van der Waals surface area contributed by atoms with Crippen molar-refractivity contribution in [3.05, 3.63) is 57.3 Å². The molecule has 0 unspecified atom stereocenters. The Kier molecular flexibility index (Phi) is 4.39. The Labute approximate surface area is 128 Å². The number of benzene rings is 2. The third kappa shape index (κ3) is 3.43. The van der Waals surface area contributed by atoms with Crippen molar-refractivity contribution >= 4 is 56.1 Å². The van der Waals surface area contributed by atoms with Gasteiger partial charge in [0.15, 0.2) is 0 Å². The third-order valence-corrected chi connectivity index (χ3v) is 3.49. The fraction of sp³-hybridized carbons (Fsp3) is 0. The zero-order valence-electron chi connectivity index (χ0n) is 9.58. The van der Waals surface area contributed by atoms with Gasteiger partial charge in [-0.25, -0.2) is 4.39 Å². The monoisotopic (exact) mass is 358 g/mol. The van der Waals surface area contributed by atoms with Crippen molar-refractivity contribution in [1.82, 2.24) is 0 Å². The minimum atomic E-state index is -0.363. The van der Waals surface area contributed by atoms with Gasteiger partial charge in [-0.05, 0) is 36.4 Å². The molecule has 2 aromatic carbocycles. The molecule has 19 heavy (non-hydrogen) atoms. The predicted octanol–water partition coefficient (Wildman–Crippen LogP) is 4.62. The van der Waals surface area contributed by atoms with E-state index < -0.39 is 0 Å². The molecule has 0 bridgehead atoms. The predicted molar refractivity (Wildman–Crippen MR) is 84.7 cm³/mol. The van der Waals surface area contributed by atoms with E-state index in [9.17, 15) is 4.39 Å². The van der Waals surface area contributed by atoms with Crippen molar-refractivity contribution < 1.29 is 4.39 Å². The minimum absolute atomic E-state index is 0.266. The van der Waals surface area contributed by atoms with Crippen molar-refractivity contribution in [1.29, 1.82) is 0 Å². The Balaban J connectivity index is 2.33. The first kappa shape index (κ1) is 14.2. The Morgan fingerprint density at radius 1 is 1.21 bits per heavy atom. The van der Waals surface area contributed by atoms with Crippen LogP contribution in [0, 0.1) is 5.82 Å². The topological polar surface area (TPSA) is 38.0 Å². The van der Waals surface area contributed by atoms with E-state index in [1.54, 1.807) is 30.3 Å². The van der Waals surface area contributed by atoms with Gasteiger partial charge in [0.05, 0.1) is 16.4 Å². The Bertz CT molecular complexity index is 649. The van der Waals surface area contributed by atoms with E-state index in [1.165, 1.54) is 6.07 Å². The molecule has 2 rings (SSSR count). The summed E-state index contributed by atoms with van der Waals surface area (Å²) >= 11 is 14.3. The molecule has 98 valence electrons. The van der Waals surface area contributed by atoms with Gasteiger partial charge in [0.25, 0.3) is 0 Å². The summed E-state index contributed by atoms with van der Waals surface area (Å²) in [5.41, 5.74) is 7.10. The van der Waals surface area contributed by atoms with Gasteiger partial charge >= 0.3 is 0 Å². The Morgan fingerprint density at radius 2 is 1.95 bits per heavy atom. The average molecular weight is 360 g/mol. The summed E-state index contributed by atoms with van der Waals surface area (Å²) in [4.78, 5) is 0.266. The second kappa shape index (κ2) is 5.86. The molecule has 0 aliphatic rings. The molecule has 0 saturated heterocycles. The molecule has 2 aromatic rings. The number of nitrogens with two attached hydrogens (primary N) is 1. The molecule has 0 fully saturated rings. The molecule has 0 radical (unpaired) electrons. The highest BCUT2D eigenvalue weighted by Crippen LogP contribution is 2.29. The number of thiocarbonyl (C=S) groups is 1. The largest absolute Gasteiger partial charge is 0.389 e. The maximum Gasteiger partial charge on any atom is 0.146 e. The van der Waals surface area contributed by atoms with E-state index in [-0.39, 0.29) is 10.8 Å². The minimum Gasteiger partial charge on any atom is -0.389 e. The van der Waals surface area contributed by atoms with Crippen LogP contribution in [0.3, 0.4) is 0 Å². The van der Waals surface area contributed by atoms with Gasteiger partial charge in [0.2, 0.25) is 0 Å². The van der Waals surface area contributed by atoms with Crippen molar-refractivity contribution in [2.75, 3.05) is 5.32 Å². The van der Waals surface area contributed by atoms with Crippen LogP contribution in [0.1, 0.15) is 5.56 Å². The first-order valence-electron chi connectivity index (χ1n) is 5.29. The second-order valence-corrected chi connectivity index (χ2v) is 5.57. The average Bonchev–Trinajstić information content (AvgIpc) is 2.36. The van der Waals surface area contributed by atoms with Crippen LogP contribution in [0.4, 0.5) is 15.8 Å². The van der Waals surface area contributed by atoms with Crippen LogP contribution in [0.2, 0.25) is 5.02 Å². The highest BCUT2D eigenvalue weighted by Gasteiger charge is 2.07. The molecule has 0 aliphatic heterocycles. The maximum absolute atomic E-state index is 13.6. The van der Waals surface area contributed by atoms with E-state index >= 15 is 0 Å². The van der Waals surface area contributed by atoms with Gasteiger partial charge in [0.1, 0.15) is 10.8 Å². The molecule has 3 N–H and O–H groups in total. The highest BCUT2D eigenvalue weighted by molar-refractivity contribution is 9.10. The molecular formula is C13H9BrClFN2S. The summed E-state index contributed by atoms with van der Waals surface area (Å²) in [5, 5.41) is 3.35. The quantitative estimate of drug-likeness (QED) is 0.785. The van der Waals surface area contributed by atoms with Crippen LogP contribution >= 0.6 is 39.7 Å². The number of anilines is 2. The molecule has 0 atom stereocenters. The lowest BCUT2D eigenvalue weighted by Crippen LogP contribution is -2.09. The lowest BCUT2D eigenvalue weighted by molar-refractivity contribution is 0.631. The lowest BCUT2D eigenvalue weighted by Gasteiger charge is -2.11. The second-order valence-electron chi connectivity index (χ2n) is 3.81. The van der Waals surface area contributed by atoms with E-state index in [1.807, 2.05) is 0 Å². The zero-order valence-corrected chi connectivity index (χ0v) is 12.7. The van der Waals surface area contributed by atoms with Gasteiger partial charge in [-0.15, -0.1) is 0 Å². The van der Waals surface area contributed by atoms with Crippen LogP contribution in [0.25, 0.3) is 0 Å². The number of hydrogen-bond acceptors (Lipinski definition) is 2. The van der Waals surface area contributed by atoms with Gasteiger partial charge in [-0.3, -0.25) is 0 Å². The molecular weight excluding hydrogens is 351 g/mol. The summed E-state index contributed by atoms with van der Waals surface area (Å²) < 4.78 is 14.4. The number of hydrogen-bond donors (Lipinski definition) is 2. The Hall–Kier alpha value is -1.17. The van der Waals surface area contributed by atoms with Crippen LogP contribution in [-0.4, -0.2) is 4.99 Å². The van der Waals surface area contributed by atoms with Crippen molar-refractivity contribution in [3.63, 3.8) is 0 Å². The van der Waals surface area contributed by atoms with Gasteiger partial charge in [-0.1, -0.05) is 39.7 Å². The first-order chi connectivity index (χ1) is 8.97. The van der Waals surface area contributed by atoms with Crippen LogP contribution in [0.5, 0.6) is 0 Å². The fourth-order valence-electron chi connectivity index (χ4n) is 1.51. The van der Waals surface area contributed by atoms with Crippen molar-refractivity contribution in [2.45, 2.75) is 0 Å². The summed E-state index contributed by atoms with van der Waals surface area (Å²) in [6, 6.07) is 9.70. The highest BCUT2D eigenvalue weighted by atomic mass is 79.9. The number of nitrogens with one attached hydrogen (secondary N) is 1. The van der Waals surface area contributed by atoms with E-state index in [2.05, 4.69) is 21.2 Å². The van der Waals surface area contributed by atoms with Gasteiger partial charge in [-0.2, -0.15) is 0 Å². The summed E-state index contributed by atoms with van der Waals surface area (Å²) in [5.74, 6) is -0.363. The SMILES string of the molecule is NC(=S)c1ccc(Nc2cc(Br)ccc2F)c(Cl)c1. The molecule has 0 amide bonds. The normalized spacial score (nSPS) is 10.3. The van der Waals surface area contributed by atoms with Gasteiger partial charge in [0, 0.05) is 10.0 Å². The molecule has 0 aliphatic carbocycles. The van der Waals surface area contributed by atoms with Crippen LogP contribution in [0.15, 0.2) is 40.9 Å². The summed E-state index contributed by atoms with van der Waals surface area (Å²) in [6.45, 7) is 0. The first-order valence-corrected chi connectivity index (χ1v) is 6.87. The van der Waals surface area contributed by atoms with E-state index in [0.29, 0.717) is 22.0 Å². The number of halogens is 3. The number of rotatable bonds is 3. The summed E-state index contributed by atoms with van der Waals surface area (Å²) in [6.07, 6.45) is 0. The standard InChI is InChI=1S/C13H9BrClFN2S/c14-8-2-3-10(16)12(6-8)18-11-4-1-7(13(17)19)5-9(11)15/h1-6,18H,(H2,17,19). The van der Waals surface area contributed by atoms with Crippen LogP contribution < -0.4 is 11.1 Å². The summed E-state index contributed by atoms with van der Waals surface area (Å²) in [7, 11) is 0. The molecule has 2 nitrogen and oxygen atoms in total. The van der Waals surface area contributed by atoms with Gasteiger partial charge < -0.3 is 11.1 Å². The van der Waals surface area contributed by atoms with E-state index in [4.69, 9.17) is 29.6 Å². The lowest BCUT2D eigenvalue weighted by atomic mass is 10.2. The molecule has 0 spiro atoms. The maximum atomic E-state index is 13.6. The van der Waals surface area contributed by atoms with Crippen molar-refractivity contribution in [2.24, 2.45) is 5.73 Å². The molecule has 0 aromatic heterocycles. The fourth-order valence-corrected chi connectivity index (χ4v) is 2.22. The Morgan fingerprint density at radius 3 is 2.58 bits per heavy atom. The van der Waals surface area contributed by atoms with Crippen LogP contribution in [-0.2, 0) is 0 Å². The van der Waals surface area contributed by atoms with Crippen molar-refractivity contribution in [3.8, 4) is 0 Å². The zero-order chi connectivity index (χ0) is 14.0.